The minimum absolute atomic E-state index is 0.0608. The van der Waals surface area contributed by atoms with Crippen molar-refractivity contribution in [2.45, 2.75) is 26.8 Å². The first-order chi connectivity index (χ1) is 12.4. The first-order valence-electron chi connectivity index (χ1n) is 8.07. The monoisotopic (exact) mass is 358 g/mol. The van der Waals surface area contributed by atoms with Gasteiger partial charge in [-0.3, -0.25) is 9.59 Å². The van der Waals surface area contributed by atoms with Gasteiger partial charge >= 0.3 is 5.97 Å². The van der Waals surface area contributed by atoms with Crippen LogP contribution < -0.4 is 10.1 Å². The van der Waals surface area contributed by atoms with E-state index in [9.17, 15) is 14.4 Å². The predicted octanol–water partition coefficient (Wildman–Crippen LogP) is 2.18. The van der Waals surface area contributed by atoms with Gasteiger partial charge in [0.15, 0.2) is 5.78 Å². The first kappa shape index (κ1) is 19.2. The number of hydrogen-bond donors (Lipinski definition) is 2. The van der Waals surface area contributed by atoms with Crippen molar-refractivity contribution in [3.8, 4) is 5.75 Å². The summed E-state index contributed by atoms with van der Waals surface area (Å²) >= 11 is 0. The van der Waals surface area contributed by atoms with E-state index < -0.39 is 5.97 Å². The number of hydrogen-bond acceptors (Lipinski definition) is 5. The zero-order valence-corrected chi connectivity index (χ0v) is 15.3. The fourth-order valence-corrected chi connectivity index (χ4v) is 2.69. The minimum Gasteiger partial charge on any atom is -0.497 e. The van der Waals surface area contributed by atoms with Gasteiger partial charge in [0.2, 0.25) is 5.91 Å². The van der Waals surface area contributed by atoms with Crippen LogP contribution in [0.4, 0.5) is 0 Å². The number of aromatic nitrogens is 1. The number of amides is 1. The van der Waals surface area contributed by atoms with E-state index in [4.69, 9.17) is 9.47 Å². The largest absolute Gasteiger partial charge is 0.497 e. The number of benzene rings is 1. The Bertz CT molecular complexity index is 821. The van der Waals surface area contributed by atoms with E-state index in [-0.39, 0.29) is 23.7 Å². The molecule has 0 unspecified atom stereocenters. The van der Waals surface area contributed by atoms with Crippen molar-refractivity contribution in [2.24, 2.45) is 0 Å². The van der Waals surface area contributed by atoms with Crippen LogP contribution in [-0.2, 0) is 22.5 Å². The molecule has 0 fully saturated rings. The SMILES string of the molecule is COC(=O)c1c(CC(=O)NCc2ccc(OC)cc2)[nH]c(C(C)=O)c1C. The summed E-state index contributed by atoms with van der Waals surface area (Å²) in [5, 5.41) is 2.79. The Hall–Kier alpha value is -3.09. The average molecular weight is 358 g/mol. The number of esters is 1. The highest BCUT2D eigenvalue weighted by molar-refractivity contribution is 6.01. The Kier molecular flexibility index (Phi) is 6.16. The van der Waals surface area contributed by atoms with Crippen LogP contribution in [-0.4, -0.2) is 36.9 Å². The molecule has 0 spiro atoms. The molecule has 138 valence electrons. The smallest absolute Gasteiger partial charge is 0.339 e. The van der Waals surface area contributed by atoms with Crippen molar-refractivity contribution in [2.75, 3.05) is 14.2 Å². The highest BCUT2D eigenvalue weighted by Crippen LogP contribution is 2.20. The molecule has 7 nitrogen and oxygen atoms in total. The number of ether oxygens (including phenoxy) is 2. The van der Waals surface area contributed by atoms with Crippen LogP contribution >= 0.6 is 0 Å². The van der Waals surface area contributed by atoms with Gasteiger partial charge in [0, 0.05) is 19.2 Å². The predicted molar refractivity (Wildman–Crippen MR) is 95.4 cm³/mol. The molecule has 2 rings (SSSR count). The number of aromatic amines is 1. The van der Waals surface area contributed by atoms with Crippen molar-refractivity contribution in [1.29, 1.82) is 0 Å². The van der Waals surface area contributed by atoms with Crippen molar-refractivity contribution >= 4 is 17.7 Å². The van der Waals surface area contributed by atoms with Gasteiger partial charge in [-0.1, -0.05) is 12.1 Å². The Morgan fingerprint density at radius 3 is 2.31 bits per heavy atom. The topological polar surface area (TPSA) is 97.5 Å². The maximum atomic E-state index is 12.3. The summed E-state index contributed by atoms with van der Waals surface area (Å²) in [6.07, 6.45) is -0.0608. The van der Waals surface area contributed by atoms with Gasteiger partial charge in [0.05, 0.1) is 31.9 Å². The van der Waals surface area contributed by atoms with Crippen LogP contribution in [0.15, 0.2) is 24.3 Å². The zero-order valence-electron chi connectivity index (χ0n) is 15.3. The molecule has 0 aliphatic carbocycles. The molecule has 0 saturated heterocycles. The summed E-state index contributed by atoms with van der Waals surface area (Å²) < 4.78 is 9.86. The summed E-state index contributed by atoms with van der Waals surface area (Å²) in [5.41, 5.74) is 2.31. The second kappa shape index (κ2) is 8.33. The van der Waals surface area contributed by atoms with E-state index in [1.165, 1.54) is 14.0 Å². The number of rotatable bonds is 7. The lowest BCUT2D eigenvalue weighted by Gasteiger charge is -2.07. The van der Waals surface area contributed by atoms with E-state index in [0.717, 1.165) is 11.3 Å². The second-order valence-corrected chi connectivity index (χ2v) is 5.83. The quantitative estimate of drug-likeness (QED) is 0.584. The molecule has 26 heavy (non-hydrogen) atoms. The van der Waals surface area contributed by atoms with Crippen LogP contribution in [0.5, 0.6) is 5.75 Å². The van der Waals surface area contributed by atoms with E-state index in [2.05, 4.69) is 10.3 Å². The number of nitrogens with one attached hydrogen (secondary N) is 2. The third-order valence-electron chi connectivity index (χ3n) is 4.06. The fraction of sp³-hybridized carbons (Fsp3) is 0.316. The average Bonchev–Trinajstić information content (AvgIpc) is 2.96. The summed E-state index contributed by atoms with van der Waals surface area (Å²) in [6, 6.07) is 7.33. The van der Waals surface area contributed by atoms with Gasteiger partial charge in [-0.05, 0) is 30.2 Å². The third-order valence-corrected chi connectivity index (χ3v) is 4.06. The summed E-state index contributed by atoms with van der Waals surface area (Å²) in [7, 11) is 2.85. The molecule has 0 bridgehead atoms. The van der Waals surface area contributed by atoms with Gasteiger partial charge in [-0.25, -0.2) is 4.79 Å². The maximum Gasteiger partial charge on any atom is 0.339 e. The molecule has 7 heteroatoms. The molecule has 1 aromatic heterocycles. The fourth-order valence-electron chi connectivity index (χ4n) is 2.69. The van der Waals surface area contributed by atoms with Gasteiger partial charge in [0.25, 0.3) is 0 Å². The van der Waals surface area contributed by atoms with Gasteiger partial charge in [-0.15, -0.1) is 0 Å². The van der Waals surface area contributed by atoms with Crippen LogP contribution in [0, 0.1) is 6.92 Å². The van der Waals surface area contributed by atoms with E-state index in [0.29, 0.717) is 23.5 Å². The molecule has 0 radical (unpaired) electrons. The van der Waals surface area contributed by atoms with Crippen LogP contribution in [0.3, 0.4) is 0 Å². The van der Waals surface area contributed by atoms with E-state index in [1.807, 2.05) is 24.3 Å². The van der Waals surface area contributed by atoms with E-state index in [1.54, 1.807) is 14.0 Å². The Morgan fingerprint density at radius 1 is 1.12 bits per heavy atom. The van der Waals surface area contributed by atoms with Crippen LogP contribution in [0.2, 0.25) is 0 Å². The normalized spacial score (nSPS) is 10.3. The van der Waals surface area contributed by atoms with Crippen molar-refractivity contribution < 1.29 is 23.9 Å². The van der Waals surface area contributed by atoms with E-state index >= 15 is 0 Å². The molecule has 2 aromatic rings. The maximum absolute atomic E-state index is 12.3. The molecule has 0 atom stereocenters. The molecule has 1 amide bonds. The molecule has 0 aliphatic heterocycles. The first-order valence-corrected chi connectivity index (χ1v) is 8.07. The lowest BCUT2D eigenvalue weighted by atomic mass is 10.1. The van der Waals surface area contributed by atoms with Crippen molar-refractivity contribution in [3.63, 3.8) is 0 Å². The number of H-pyrrole nitrogens is 1. The number of ketones is 1. The summed E-state index contributed by atoms with van der Waals surface area (Å²) in [5.74, 6) is -0.328. The molecule has 0 aliphatic rings. The molecule has 2 N–H and O–H groups in total. The van der Waals surface area contributed by atoms with Gasteiger partial charge in [-0.2, -0.15) is 0 Å². The Balaban J connectivity index is 2.11. The molecular formula is C19H22N2O5. The van der Waals surface area contributed by atoms with Gasteiger partial charge < -0.3 is 19.8 Å². The summed E-state index contributed by atoms with van der Waals surface area (Å²) in [4.78, 5) is 38.9. The third kappa shape index (κ3) is 4.30. The lowest BCUT2D eigenvalue weighted by molar-refractivity contribution is -0.120. The molecule has 0 saturated carbocycles. The highest BCUT2D eigenvalue weighted by atomic mass is 16.5. The van der Waals surface area contributed by atoms with Crippen molar-refractivity contribution in [1.82, 2.24) is 10.3 Å². The Labute approximate surface area is 151 Å². The molecule has 1 heterocycles. The minimum atomic E-state index is -0.579. The number of carbonyl (C=O) groups is 3. The second-order valence-electron chi connectivity index (χ2n) is 5.83. The van der Waals surface area contributed by atoms with Crippen molar-refractivity contribution in [3.05, 3.63) is 52.3 Å². The number of carbonyl (C=O) groups excluding carboxylic acids is 3. The number of Topliss-reactive ketones (excluding diaryl/α,β-unsaturated/α-hetero) is 1. The standard InChI is InChI=1S/C19H22N2O5/c1-11-17(19(24)26-4)15(21-18(11)12(2)22)9-16(23)20-10-13-5-7-14(25-3)8-6-13/h5-8,21H,9-10H2,1-4H3,(H,20,23). The van der Waals surface area contributed by atoms with Crippen LogP contribution in [0.1, 0.15) is 44.6 Å². The lowest BCUT2D eigenvalue weighted by Crippen LogP contribution is -2.25. The van der Waals surface area contributed by atoms with Gasteiger partial charge in [0.1, 0.15) is 5.75 Å². The molecular weight excluding hydrogens is 336 g/mol. The summed E-state index contributed by atoms with van der Waals surface area (Å²) in [6.45, 7) is 3.39. The highest BCUT2D eigenvalue weighted by Gasteiger charge is 2.24. The zero-order chi connectivity index (χ0) is 19.3. The Morgan fingerprint density at radius 2 is 1.77 bits per heavy atom. The number of methoxy groups -OCH3 is 2. The van der Waals surface area contributed by atoms with Crippen LogP contribution in [0.25, 0.3) is 0 Å². The molecule has 1 aromatic carbocycles.